The van der Waals surface area contributed by atoms with Gasteiger partial charge in [-0.1, -0.05) is 18.0 Å². The van der Waals surface area contributed by atoms with Gasteiger partial charge in [-0.3, -0.25) is 9.59 Å². The molecule has 2 aliphatic rings. The molecule has 2 aliphatic carbocycles. The molecule has 2 saturated carbocycles. The van der Waals surface area contributed by atoms with E-state index in [1.165, 1.54) is 26.4 Å². The van der Waals surface area contributed by atoms with Crippen LogP contribution in [0.4, 0.5) is 5.69 Å². The number of hydrogen-bond acceptors (Lipinski definition) is 4. The molecule has 0 heterocycles. The summed E-state index contributed by atoms with van der Waals surface area (Å²) in [5.41, 5.74) is 0.458. The van der Waals surface area contributed by atoms with Crippen molar-refractivity contribution >= 4 is 29.2 Å². The van der Waals surface area contributed by atoms with Crippen molar-refractivity contribution in [3.05, 3.63) is 23.2 Å². The molecular weight excluding hydrogens is 330 g/mol. The summed E-state index contributed by atoms with van der Waals surface area (Å²) in [5, 5.41) is 3.14. The first-order valence-electron chi connectivity index (χ1n) is 8.34. The second kappa shape index (κ2) is 7.43. The third-order valence-electron chi connectivity index (χ3n) is 5.11. The van der Waals surface area contributed by atoms with E-state index in [1.807, 2.05) is 0 Å². The molecule has 130 valence electrons. The number of carbonyl (C=O) groups is 2. The number of esters is 1. The molecule has 5 nitrogen and oxygen atoms in total. The minimum absolute atomic E-state index is 0.291. The fourth-order valence-electron chi connectivity index (χ4n) is 4.01. The lowest BCUT2D eigenvalue weighted by molar-refractivity contribution is -0.148. The van der Waals surface area contributed by atoms with E-state index in [2.05, 4.69) is 5.32 Å². The van der Waals surface area contributed by atoms with E-state index < -0.39 is 5.91 Å². The SMILES string of the molecule is COc1ccc(Cl)cc1NC(=O)COC(=O)CC1CC2CCC1C2. The zero-order valence-electron chi connectivity index (χ0n) is 13.7. The van der Waals surface area contributed by atoms with Crippen LogP contribution in [-0.4, -0.2) is 25.6 Å². The molecule has 0 spiro atoms. The second-order valence-corrected chi connectivity index (χ2v) is 7.13. The molecule has 0 saturated heterocycles. The Kier molecular flexibility index (Phi) is 5.29. The van der Waals surface area contributed by atoms with Gasteiger partial charge in [0, 0.05) is 11.4 Å². The van der Waals surface area contributed by atoms with Gasteiger partial charge in [-0.2, -0.15) is 0 Å². The number of nitrogens with one attached hydrogen (secondary N) is 1. The van der Waals surface area contributed by atoms with Crippen molar-refractivity contribution in [3.8, 4) is 5.75 Å². The summed E-state index contributed by atoms with van der Waals surface area (Å²) in [6.07, 6.45) is 5.35. The Balaban J connectivity index is 1.45. The zero-order chi connectivity index (χ0) is 17.1. The van der Waals surface area contributed by atoms with Crippen LogP contribution in [0.25, 0.3) is 0 Å². The Morgan fingerprint density at radius 1 is 1.29 bits per heavy atom. The molecule has 1 aromatic rings. The lowest BCUT2D eigenvalue weighted by atomic mass is 9.86. The fraction of sp³-hybridized carbons (Fsp3) is 0.556. The first kappa shape index (κ1) is 17.1. The molecule has 2 bridgehead atoms. The molecule has 0 aromatic heterocycles. The van der Waals surface area contributed by atoms with Gasteiger partial charge >= 0.3 is 5.97 Å². The number of anilines is 1. The van der Waals surface area contributed by atoms with E-state index in [-0.39, 0.29) is 12.6 Å². The van der Waals surface area contributed by atoms with Crippen LogP contribution >= 0.6 is 11.6 Å². The van der Waals surface area contributed by atoms with Crippen molar-refractivity contribution in [1.29, 1.82) is 0 Å². The van der Waals surface area contributed by atoms with Gasteiger partial charge in [0.15, 0.2) is 6.61 Å². The molecule has 3 atom stereocenters. The van der Waals surface area contributed by atoms with Gasteiger partial charge in [0.25, 0.3) is 5.91 Å². The van der Waals surface area contributed by atoms with Crippen LogP contribution in [0.15, 0.2) is 18.2 Å². The molecule has 24 heavy (non-hydrogen) atoms. The number of amides is 1. The summed E-state index contributed by atoms with van der Waals surface area (Å²) in [5.74, 6) is 1.71. The van der Waals surface area contributed by atoms with Gasteiger partial charge in [0.1, 0.15) is 5.75 Å². The fourth-order valence-corrected chi connectivity index (χ4v) is 4.18. The third kappa shape index (κ3) is 4.01. The van der Waals surface area contributed by atoms with Gasteiger partial charge in [-0.15, -0.1) is 0 Å². The van der Waals surface area contributed by atoms with E-state index in [0.717, 1.165) is 12.3 Å². The highest BCUT2D eigenvalue weighted by Gasteiger charge is 2.40. The summed E-state index contributed by atoms with van der Waals surface area (Å²) >= 11 is 5.92. The monoisotopic (exact) mass is 351 g/mol. The number of ether oxygens (including phenoxy) is 2. The quantitative estimate of drug-likeness (QED) is 0.794. The summed E-state index contributed by atoms with van der Waals surface area (Å²) in [7, 11) is 1.51. The Morgan fingerprint density at radius 3 is 2.79 bits per heavy atom. The lowest BCUT2D eigenvalue weighted by Gasteiger charge is -2.20. The minimum Gasteiger partial charge on any atom is -0.495 e. The predicted molar refractivity (Wildman–Crippen MR) is 91.1 cm³/mol. The van der Waals surface area contributed by atoms with Crippen molar-refractivity contribution in [3.63, 3.8) is 0 Å². The minimum atomic E-state index is -0.406. The maximum absolute atomic E-state index is 12.0. The third-order valence-corrected chi connectivity index (χ3v) is 5.35. The van der Waals surface area contributed by atoms with E-state index in [9.17, 15) is 9.59 Å². The molecule has 1 N–H and O–H groups in total. The van der Waals surface area contributed by atoms with Gasteiger partial charge in [-0.05, 0) is 55.2 Å². The van der Waals surface area contributed by atoms with Crippen LogP contribution in [-0.2, 0) is 14.3 Å². The van der Waals surface area contributed by atoms with E-state index in [4.69, 9.17) is 21.1 Å². The maximum Gasteiger partial charge on any atom is 0.306 e. The highest BCUT2D eigenvalue weighted by atomic mass is 35.5. The van der Waals surface area contributed by atoms with Crippen molar-refractivity contribution in [2.45, 2.75) is 32.1 Å². The summed E-state index contributed by atoms with van der Waals surface area (Å²) in [6.45, 7) is -0.296. The van der Waals surface area contributed by atoms with Gasteiger partial charge in [0.2, 0.25) is 0 Å². The number of methoxy groups -OCH3 is 1. The molecule has 1 aromatic carbocycles. The van der Waals surface area contributed by atoms with Crippen LogP contribution in [0.5, 0.6) is 5.75 Å². The summed E-state index contributed by atoms with van der Waals surface area (Å²) in [4.78, 5) is 23.9. The topological polar surface area (TPSA) is 64.6 Å². The highest BCUT2D eigenvalue weighted by Crippen LogP contribution is 2.49. The Morgan fingerprint density at radius 2 is 2.12 bits per heavy atom. The predicted octanol–water partition coefficient (Wildman–Crippen LogP) is 3.66. The number of hydrogen-bond donors (Lipinski definition) is 1. The summed E-state index contributed by atoms with van der Waals surface area (Å²) < 4.78 is 10.3. The Bertz CT molecular complexity index is 633. The van der Waals surface area contributed by atoms with Crippen molar-refractivity contribution in [1.82, 2.24) is 0 Å². The number of benzene rings is 1. The first-order chi connectivity index (χ1) is 11.5. The smallest absolute Gasteiger partial charge is 0.306 e. The van der Waals surface area contributed by atoms with E-state index >= 15 is 0 Å². The van der Waals surface area contributed by atoms with Gasteiger partial charge in [0.05, 0.1) is 12.8 Å². The molecule has 2 fully saturated rings. The number of carbonyl (C=O) groups excluding carboxylic acids is 2. The number of fused-ring (bicyclic) bond motifs is 2. The standard InChI is InChI=1S/C18H22ClNO4/c1-23-16-5-4-14(19)9-15(16)20-17(21)10-24-18(22)8-13-7-11-2-3-12(13)6-11/h4-5,9,11-13H,2-3,6-8,10H2,1H3,(H,20,21). The molecule has 3 rings (SSSR count). The number of halogens is 1. The van der Waals surface area contributed by atoms with Crippen molar-refractivity contribution in [2.24, 2.45) is 17.8 Å². The molecule has 0 aliphatic heterocycles. The van der Waals surface area contributed by atoms with Crippen LogP contribution in [0.3, 0.4) is 0 Å². The number of rotatable bonds is 6. The molecular formula is C18H22ClNO4. The average molecular weight is 352 g/mol. The molecule has 3 unspecified atom stereocenters. The molecule has 1 amide bonds. The van der Waals surface area contributed by atoms with Crippen molar-refractivity contribution < 1.29 is 19.1 Å². The largest absolute Gasteiger partial charge is 0.495 e. The van der Waals surface area contributed by atoms with E-state index in [0.29, 0.717) is 34.7 Å². The summed E-state index contributed by atoms with van der Waals surface area (Å²) in [6, 6.07) is 4.93. The van der Waals surface area contributed by atoms with Crippen LogP contribution in [0.2, 0.25) is 5.02 Å². The second-order valence-electron chi connectivity index (χ2n) is 6.69. The lowest BCUT2D eigenvalue weighted by Crippen LogP contribution is -2.23. The molecule has 0 radical (unpaired) electrons. The van der Waals surface area contributed by atoms with Crippen LogP contribution in [0.1, 0.15) is 32.1 Å². The van der Waals surface area contributed by atoms with Crippen LogP contribution in [0, 0.1) is 17.8 Å². The Hall–Kier alpha value is -1.75. The highest BCUT2D eigenvalue weighted by molar-refractivity contribution is 6.31. The molecule has 6 heteroatoms. The maximum atomic E-state index is 12.0. The first-order valence-corrected chi connectivity index (χ1v) is 8.72. The van der Waals surface area contributed by atoms with Gasteiger partial charge in [-0.25, -0.2) is 0 Å². The Labute approximate surface area is 146 Å². The van der Waals surface area contributed by atoms with Crippen molar-refractivity contribution in [2.75, 3.05) is 19.0 Å². The normalized spacial score (nSPS) is 24.7. The van der Waals surface area contributed by atoms with E-state index in [1.54, 1.807) is 18.2 Å². The van der Waals surface area contributed by atoms with Gasteiger partial charge < -0.3 is 14.8 Å². The average Bonchev–Trinajstić information content (AvgIpc) is 3.16. The zero-order valence-corrected chi connectivity index (χ0v) is 14.5. The van der Waals surface area contributed by atoms with Crippen LogP contribution < -0.4 is 10.1 Å².